The van der Waals surface area contributed by atoms with E-state index in [9.17, 15) is 9.59 Å². The van der Waals surface area contributed by atoms with E-state index in [0.29, 0.717) is 31.9 Å². The Morgan fingerprint density at radius 1 is 1.17 bits per heavy atom. The molecule has 0 atom stereocenters. The molecule has 1 fully saturated rings. The first-order chi connectivity index (χ1) is 13.8. The Hall–Kier alpha value is -2.38. The summed E-state index contributed by atoms with van der Waals surface area (Å²) in [6, 6.07) is 8.10. The smallest absolute Gasteiger partial charge is 0.287 e. The van der Waals surface area contributed by atoms with Crippen LogP contribution in [0.5, 0.6) is 0 Å². The number of hydrogen-bond donors (Lipinski definition) is 1. The van der Waals surface area contributed by atoms with Gasteiger partial charge in [0.25, 0.3) is 5.56 Å². The topological polar surface area (TPSA) is 70.5 Å². The lowest BCUT2D eigenvalue weighted by molar-refractivity contribution is -0.122. The maximum Gasteiger partial charge on any atom is 0.287 e. The van der Waals surface area contributed by atoms with Gasteiger partial charge in [-0.05, 0) is 26.3 Å². The fourth-order valence-electron chi connectivity index (χ4n) is 3.34. The summed E-state index contributed by atoms with van der Waals surface area (Å²) in [5.41, 5.74) is 2.69. The molecular weight excluding hydrogens is 390 g/mol. The molecule has 7 nitrogen and oxygen atoms in total. The summed E-state index contributed by atoms with van der Waals surface area (Å²) >= 11 is 6.31. The third kappa shape index (κ3) is 5.36. The monoisotopic (exact) mass is 417 g/mol. The predicted octanol–water partition coefficient (Wildman–Crippen LogP) is 2.22. The zero-order chi connectivity index (χ0) is 21.0. The number of carbonyl (C=O) groups excluding carboxylic acids is 1. The molecule has 1 amide bonds. The zero-order valence-electron chi connectivity index (χ0n) is 17.2. The normalized spacial score (nSPS) is 15.0. The molecule has 0 radical (unpaired) electrons. The van der Waals surface area contributed by atoms with Crippen LogP contribution in [0.25, 0.3) is 0 Å². The van der Waals surface area contributed by atoms with Crippen molar-refractivity contribution in [3.63, 3.8) is 0 Å². The molecule has 1 aromatic carbocycles. The van der Waals surface area contributed by atoms with Gasteiger partial charge in [-0.25, -0.2) is 4.68 Å². The Morgan fingerprint density at radius 2 is 1.83 bits per heavy atom. The Bertz CT molecular complexity index is 902. The second-order valence-electron chi connectivity index (χ2n) is 7.71. The minimum atomic E-state index is -0.267. The van der Waals surface area contributed by atoms with Gasteiger partial charge in [0.05, 0.1) is 24.5 Å². The van der Waals surface area contributed by atoms with Gasteiger partial charge in [0, 0.05) is 32.7 Å². The van der Waals surface area contributed by atoms with Crippen LogP contribution in [0.1, 0.15) is 31.0 Å². The SMILES string of the molecule is Cc1ccc(CNC(=O)CN2CCN(c3cnn(C(C)C)c(=O)c3Cl)CC2)cc1. The molecule has 0 bridgehead atoms. The van der Waals surface area contributed by atoms with Crippen molar-refractivity contribution in [2.24, 2.45) is 0 Å². The van der Waals surface area contributed by atoms with Gasteiger partial charge in [0.1, 0.15) is 5.02 Å². The Kier molecular flexibility index (Phi) is 6.92. The lowest BCUT2D eigenvalue weighted by Crippen LogP contribution is -2.49. The number of rotatable bonds is 6. The number of carbonyl (C=O) groups is 1. The summed E-state index contributed by atoms with van der Waals surface area (Å²) in [5.74, 6) is 0.0123. The molecule has 156 valence electrons. The van der Waals surface area contributed by atoms with Gasteiger partial charge in [0.15, 0.2) is 0 Å². The molecule has 1 aliphatic heterocycles. The first-order valence-corrected chi connectivity index (χ1v) is 10.3. The molecule has 1 aromatic heterocycles. The molecule has 0 aliphatic carbocycles. The van der Waals surface area contributed by atoms with Gasteiger partial charge < -0.3 is 10.2 Å². The van der Waals surface area contributed by atoms with Crippen LogP contribution in [-0.4, -0.2) is 53.3 Å². The average Bonchev–Trinajstić information content (AvgIpc) is 2.70. The fraction of sp³-hybridized carbons (Fsp3) is 0.476. The number of piperazine rings is 1. The predicted molar refractivity (Wildman–Crippen MR) is 116 cm³/mol. The maximum absolute atomic E-state index is 12.4. The van der Waals surface area contributed by atoms with Crippen molar-refractivity contribution in [2.75, 3.05) is 37.6 Å². The fourth-order valence-corrected chi connectivity index (χ4v) is 3.59. The summed E-state index contributed by atoms with van der Waals surface area (Å²) in [6.07, 6.45) is 1.66. The van der Waals surface area contributed by atoms with E-state index in [1.807, 2.05) is 45.0 Å². The van der Waals surface area contributed by atoms with Crippen molar-refractivity contribution in [1.29, 1.82) is 0 Å². The highest BCUT2D eigenvalue weighted by atomic mass is 35.5. The van der Waals surface area contributed by atoms with Crippen molar-refractivity contribution >= 4 is 23.2 Å². The van der Waals surface area contributed by atoms with E-state index in [1.54, 1.807) is 6.20 Å². The summed E-state index contributed by atoms with van der Waals surface area (Å²) in [7, 11) is 0. The molecule has 0 unspecified atom stereocenters. The number of nitrogens with one attached hydrogen (secondary N) is 1. The van der Waals surface area contributed by atoms with E-state index in [1.165, 1.54) is 10.2 Å². The number of aromatic nitrogens is 2. The third-order valence-electron chi connectivity index (χ3n) is 5.10. The van der Waals surface area contributed by atoms with Gasteiger partial charge >= 0.3 is 0 Å². The minimum absolute atomic E-state index is 0.0123. The number of halogens is 1. The van der Waals surface area contributed by atoms with Crippen LogP contribution in [0.3, 0.4) is 0 Å². The van der Waals surface area contributed by atoms with Crippen molar-refractivity contribution in [1.82, 2.24) is 20.0 Å². The summed E-state index contributed by atoms with van der Waals surface area (Å²) < 4.78 is 1.39. The molecule has 0 saturated carbocycles. The number of amides is 1. The van der Waals surface area contributed by atoms with E-state index in [-0.39, 0.29) is 22.5 Å². The number of benzene rings is 1. The number of hydrogen-bond acceptors (Lipinski definition) is 5. The van der Waals surface area contributed by atoms with Crippen LogP contribution in [0.4, 0.5) is 5.69 Å². The quantitative estimate of drug-likeness (QED) is 0.780. The third-order valence-corrected chi connectivity index (χ3v) is 5.46. The number of nitrogens with zero attached hydrogens (tertiary/aromatic N) is 4. The van der Waals surface area contributed by atoms with Gasteiger partial charge in [0.2, 0.25) is 5.91 Å². The van der Waals surface area contributed by atoms with E-state index < -0.39 is 0 Å². The maximum atomic E-state index is 12.4. The van der Waals surface area contributed by atoms with Crippen LogP contribution in [0, 0.1) is 6.92 Å². The van der Waals surface area contributed by atoms with Crippen LogP contribution < -0.4 is 15.8 Å². The second-order valence-corrected chi connectivity index (χ2v) is 8.09. The van der Waals surface area contributed by atoms with Crippen molar-refractivity contribution in [3.05, 3.63) is 57.0 Å². The van der Waals surface area contributed by atoms with Gasteiger partial charge in [-0.2, -0.15) is 5.10 Å². The van der Waals surface area contributed by atoms with Gasteiger partial charge in [-0.1, -0.05) is 41.4 Å². The highest BCUT2D eigenvalue weighted by molar-refractivity contribution is 6.33. The van der Waals surface area contributed by atoms with Crippen LogP contribution >= 0.6 is 11.6 Å². The molecular formula is C21H28ClN5O2. The van der Waals surface area contributed by atoms with Crippen molar-refractivity contribution < 1.29 is 4.79 Å². The number of aryl methyl sites for hydroxylation is 1. The number of anilines is 1. The minimum Gasteiger partial charge on any atom is -0.366 e. The Labute approximate surface area is 176 Å². The Balaban J connectivity index is 1.50. The Morgan fingerprint density at radius 3 is 2.45 bits per heavy atom. The van der Waals surface area contributed by atoms with Gasteiger partial charge in [-0.3, -0.25) is 14.5 Å². The average molecular weight is 418 g/mol. The molecule has 3 rings (SSSR count). The molecule has 29 heavy (non-hydrogen) atoms. The molecule has 2 aromatic rings. The molecule has 8 heteroatoms. The lowest BCUT2D eigenvalue weighted by Gasteiger charge is -2.35. The van der Waals surface area contributed by atoms with Crippen molar-refractivity contribution in [3.8, 4) is 0 Å². The summed E-state index contributed by atoms with van der Waals surface area (Å²) in [5, 5.41) is 7.42. The summed E-state index contributed by atoms with van der Waals surface area (Å²) in [6.45, 7) is 9.56. The van der Waals surface area contributed by atoms with Crippen LogP contribution in [-0.2, 0) is 11.3 Å². The highest BCUT2D eigenvalue weighted by Crippen LogP contribution is 2.22. The van der Waals surface area contributed by atoms with E-state index in [2.05, 4.69) is 20.2 Å². The molecule has 1 saturated heterocycles. The standard InChI is InChI=1S/C21H28ClN5O2/c1-15(2)27-21(29)20(22)18(13-24-27)26-10-8-25(9-11-26)14-19(28)23-12-17-6-4-16(3)5-7-17/h4-7,13,15H,8-12,14H2,1-3H3,(H,23,28). The molecule has 2 heterocycles. The highest BCUT2D eigenvalue weighted by Gasteiger charge is 2.22. The zero-order valence-corrected chi connectivity index (χ0v) is 17.9. The second kappa shape index (κ2) is 9.41. The lowest BCUT2D eigenvalue weighted by atomic mass is 10.1. The van der Waals surface area contributed by atoms with Crippen LogP contribution in [0.15, 0.2) is 35.3 Å². The molecule has 1 aliphatic rings. The van der Waals surface area contributed by atoms with Gasteiger partial charge in [-0.15, -0.1) is 0 Å². The first-order valence-electron chi connectivity index (χ1n) is 9.92. The largest absolute Gasteiger partial charge is 0.366 e. The first kappa shape index (κ1) is 21.3. The van der Waals surface area contributed by atoms with Crippen molar-refractivity contribution in [2.45, 2.75) is 33.4 Å². The van der Waals surface area contributed by atoms with E-state index in [4.69, 9.17) is 11.6 Å². The molecule has 0 spiro atoms. The van der Waals surface area contributed by atoms with E-state index in [0.717, 1.165) is 18.7 Å². The molecule has 1 N–H and O–H groups in total. The van der Waals surface area contributed by atoms with E-state index >= 15 is 0 Å². The summed E-state index contributed by atoms with van der Waals surface area (Å²) in [4.78, 5) is 28.8. The van der Waals surface area contributed by atoms with Crippen LogP contribution in [0.2, 0.25) is 5.02 Å².